The number of unbranched alkanes of at least 4 members (excludes halogenated alkanes) is 2. The van der Waals surface area contributed by atoms with E-state index in [2.05, 4.69) is 19.6 Å². The van der Waals surface area contributed by atoms with E-state index in [-0.39, 0.29) is 11.3 Å². The summed E-state index contributed by atoms with van der Waals surface area (Å²) in [7, 11) is -1.02. The van der Waals surface area contributed by atoms with Crippen LogP contribution in [0, 0.1) is 5.92 Å². The minimum atomic E-state index is -1.02. The van der Waals surface area contributed by atoms with Crippen LogP contribution in [0.25, 0.3) is 0 Å². The third-order valence-electron chi connectivity index (χ3n) is 4.21. The Morgan fingerprint density at radius 2 is 1.50 bits per heavy atom. The van der Waals surface area contributed by atoms with Crippen molar-refractivity contribution in [2.45, 2.75) is 51.4 Å². The topological polar surface area (TPSA) is 51.2 Å². The molecule has 0 bridgehead atoms. The number of benzene rings is 1. The van der Waals surface area contributed by atoms with Crippen molar-refractivity contribution in [3.63, 3.8) is 0 Å². The molecule has 0 fully saturated rings. The summed E-state index contributed by atoms with van der Waals surface area (Å²) < 4.78 is 0. The van der Waals surface area contributed by atoms with E-state index in [1.807, 2.05) is 0 Å². The zero-order chi connectivity index (χ0) is 16.3. The Labute approximate surface area is 133 Å². The summed E-state index contributed by atoms with van der Waals surface area (Å²) in [5.74, 6) is -1.95. The van der Waals surface area contributed by atoms with E-state index in [0.29, 0.717) is 12.0 Å². The maximum atomic E-state index is 12.4. The summed E-state index contributed by atoms with van der Waals surface area (Å²) in [4.78, 5) is 36.7. The molecule has 0 saturated heterocycles. The van der Waals surface area contributed by atoms with Crippen molar-refractivity contribution < 1.29 is 14.4 Å². The molecule has 1 atom stereocenters. The van der Waals surface area contributed by atoms with Gasteiger partial charge in [0.1, 0.15) is 0 Å². The Morgan fingerprint density at radius 1 is 0.864 bits per heavy atom. The maximum Gasteiger partial charge on any atom is 0.230 e. The van der Waals surface area contributed by atoms with Gasteiger partial charge in [0, 0.05) is 19.2 Å². The Morgan fingerprint density at radius 3 is 2.14 bits per heavy atom. The highest BCUT2D eigenvalue weighted by molar-refractivity contribution is 6.76. The van der Waals surface area contributed by atoms with E-state index < -0.39 is 25.6 Å². The number of carbonyl (C=O) groups is 3. The molecule has 4 heteroatoms. The summed E-state index contributed by atoms with van der Waals surface area (Å²) in [6.07, 6.45) is 3.51. The van der Waals surface area contributed by atoms with Gasteiger partial charge in [-0.25, -0.2) is 0 Å². The summed E-state index contributed by atoms with van der Waals surface area (Å²) in [5.41, 5.74) is 0.687. The maximum absolute atomic E-state index is 12.4. The first-order valence-corrected chi connectivity index (χ1v) is 11.7. The molecule has 0 heterocycles. The SMILES string of the molecule is C[Si](C)(C)CCCCCC1C(=O)C(=O)c2ccccc2C1=O. The van der Waals surface area contributed by atoms with Gasteiger partial charge in [-0.3, -0.25) is 14.4 Å². The Balaban J connectivity index is 1.96. The van der Waals surface area contributed by atoms with Gasteiger partial charge in [0.25, 0.3) is 0 Å². The highest BCUT2D eigenvalue weighted by atomic mass is 28.3. The number of rotatable bonds is 6. The lowest BCUT2D eigenvalue weighted by atomic mass is 9.78. The normalized spacial score (nSPS) is 18.5. The van der Waals surface area contributed by atoms with Gasteiger partial charge in [0.15, 0.2) is 5.78 Å². The zero-order valence-electron chi connectivity index (χ0n) is 13.6. The summed E-state index contributed by atoms with van der Waals surface area (Å²) in [6, 6.07) is 7.91. The third-order valence-corrected chi connectivity index (χ3v) is 6.07. The molecule has 3 nitrogen and oxygen atoms in total. The fourth-order valence-electron chi connectivity index (χ4n) is 2.94. The zero-order valence-corrected chi connectivity index (χ0v) is 14.6. The first-order valence-electron chi connectivity index (χ1n) is 8.03. The van der Waals surface area contributed by atoms with Gasteiger partial charge in [-0.05, 0) is 6.42 Å². The smallest absolute Gasteiger partial charge is 0.230 e. The molecule has 1 aliphatic rings. The van der Waals surface area contributed by atoms with Crippen LogP contribution >= 0.6 is 0 Å². The lowest BCUT2D eigenvalue weighted by molar-refractivity contribution is -0.117. The van der Waals surface area contributed by atoms with Crippen molar-refractivity contribution in [3.8, 4) is 0 Å². The van der Waals surface area contributed by atoms with Crippen molar-refractivity contribution in [1.82, 2.24) is 0 Å². The van der Waals surface area contributed by atoms with E-state index in [0.717, 1.165) is 19.3 Å². The van der Waals surface area contributed by atoms with Gasteiger partial charge >= 0.3 is 0 Å². The molecule has 1 aromatic carbocycles. The Hall–Kier alpha value is -1.55. The van der Waals surface area contributed by atoms with Crippen LogP contribution in [0.2, 0.25) is 25.7 Å². The average molecular weight is 316 g/mol. The molecule has 1 aromatic rings. The molecule has 2 rings (SSSR count). The fraction of sp³-hybridized carbons (Fsp3) is 0.500. The molecule has 0 saturated carbocycles. The van der Waals surface area contributed by atoms with E-state index in [4.69, 9.17) is 0 Å². The molecule has 22 heavy (non-hydrogen) atoms. The number of hydrogen-bond donors (Lipinski definition) is 0. The quantitative estimate of drug-likeness (QED) is 0.343. The molecule has 1 aliphatic carbocycles. The van der Waals surface area contributed by atoms with Gasteiger partial charge in [0.05, 0.1) is 5.92 Å². The van der Waals surface area contributed by atoms with Crippen molar-refractivity contribution in [1.29, 1.82) is 0 Å². The van der Waals surface area contributed by atoms with E-state index in [1.54, 1.807) is 24.3 Å². The molecule has 0 N–H and O–H groups in total. The number of Topliss-reactive ketones (excluding diaryl/α,β-unsaturated/α-hetero) is 3. The first kappa shape index (κ1) is 16.8. The predicted molar refractivity (Wildman–Crippen MR) is 90.2 cm³/mol. The second-order valence-corrected chi connectivity index (χ2v) is 12.9. The van der Waals surface area contributed by atoms with Crippen LogP contribution in [0.3, 0.4) is 0 Å². The van der Waals surface area contributed by atoms with E-state index >= 15 is 0 Å². The lowest BCUT2D eigenvalue weighted by Gasteiger charge is -2.21. The molecule has 0 spiro atoms. The summed E-state index contributed by atoms with van der Waals surface area (Å²) in [6.45, 7) is 7.03. The van der Waals surface area contributed by atoms with Crippen LogP contribution in [0.5, 0.6) is 0 Å². The largest absolute Gasteiger partial charge is 0.293 e. The van der Waals surface area contributed by atoms with Gasteiger partial charge in [-0.15, -0.1) is 0 Å². The fourth-order valence-corrected chi connectivity index (χ4v) is 4.25. The standard InChI is InChI=1S/C18H24O3Si/c1-22(2,3)12-8-4-5-11-15-16(19)13-9-6-7-10-14(13)17(20)18(15)21/h6-7,9-10,15H,4-5,8,11-12H2,1-3H3. The van der Waals surface area contributed by atoms with Gasteiger partial charge in [-0.1, -0.05) is 69.2 Å². The molecular formula is C18H24O3Si. The van der Waals surface area contributed by atoms with Crippen LogP contribution < -0.4 is 0 Å². The van der Waals surface area contributed by atoms with Crippen LogP contribution in [0.15, 0.2) is 24.3 Å². The van der Waals surface area contributed by atoms with Gasteiger partial charge in [0.2, 0.25) is 11.6 Å². The molecular weight excluding hydrogens is 292 g/mol. The highest BCUT2D eigenvalue weighted by Crippen LogP contribution is 2.27. The minimum absolute atomic E-state index is 0.176. The second-order valence-electron chi connectivity index (χ2n) is 7.32. The van der Waals surface area contributed by atoms with E-state index in [9.17, 15) is 14.4 Å². The predicted octanol–water partition coefficient (Wildman–Crippen LogP) is 4.15. The Bertz CT molecular complexity index is 599. The van der Waals surface area contributed by atoms with Crippen LogP contribution in [-0.4, -0.2) is 25.4 Å². The monoisotopic (exact) mass is 316 g/mol. The molecule has 0 amide bonds. The van der Waals surface area contributed by atoms with Crippen molar-refractivity contribution in [2.75, 3.05) is 0 Å². The molecule has 0 aliphatic heterocycles. The molecule has 118 valence electrons. The second kappa shape index (κ2) is 6.69. The van der Waals surface area contributed by atoms with Crippen LogP contribution in [0.4, 0.5) is 0 Å². The average Bonchev–Trinajstić information content (AvgIpc) is 2.46. The Kier molecular flexibility index (Phi) is 5.11. The summed E-state index contributed by atoms with van der Waals surface area (Å²) >= 11 is 0. The lowest BCUT2D eigenvalue weighted by Crippen LogP contribution is -2.36. The van der Waals surface area contributed by atoms with Crippen LogP contribution in [-0.2, 0) is 4.79 Å². The number of fused-ring (bicyclic) bond motifs is 1. The summed E-state index contributed by atoms with van der Waals surface area (Å²) in [5, 5.41) is 0. The van der Waals surface area contributed by atoms with Crippen molar-refractivity contribution >= 4 is 25.4 Å². The minimum Gasteiger partial charge on any atom is -0.293 e. The third kappa shape index (κ3) is 3.80. The van der Waals surface area contributed by atoms with Crippen molar-refractivity contribution in [3.05, 3.63) is 35.4 Å². The molecule has 1 unspecified atom stereocenters. The van der Waals surface area contributed by atoms with Crippen LogP contribution in [0.1, 0.15) is 46.4 Å². The number of ketones is 3. The number of hydrogen-bond acceptors (Lipinski definition) is 3. The van der Waals surface area contributed by atoms with Gasteiger partial charge in [-0.2, -0.15) is 0 Å². The van der Waals surface area contributed by atoms with Crippen molar-refractivity contribution in [2.24, 2.45) is 5.92 Å². The highest BCUT2D eigenvalue weighted by Gasteiger charge is 2.39. The molecule has 0 radical (unpaired) electrons. The van der Waals surface area contributed by atoms with Gasteiger partial charge < -0.3 is 0 Å². The molecule has 0 aromatic heterocycles. The first-order chi connectivity index (χ1) is 10.3. The van der Waals surface area contributed by atoms with E-state index in [1.165, 1.54) is 6.04 Å². The number of carbonyl (C=O) groups excluding carboxylic acids is 3.